The second-order valence-electron chi connectivity index (χ2n) is 28.6. The molecule has 466 valence electrons. The van der Waals surface area contributed by atoms with Crippen LogP contribution in [0.4, 0.5) is 34.1 Å². The first-order valence-corrected chi connectivity index (χ1v) is 35.5. The van der Waals surface area contributed by atoms with Crippen molar-refractivity contribution in [3.63, 3.8) is 0 Å². The molecule has 0 saturated heterocycles. The van der Waals surface area contributed by atoms with Gasteiger partial charge in [0.25, 0.3) is 0 Å². The highest BCUT2D eigenvalue weighted by Gasteiger charge is 2.48. The molecule has 0 radical (unpaired) electrons. The van der Waals surface area contributed by atoms with Crippen molar-refractivity contribution in [1.29, 1.82) is 0 Å². The predicted molar refractivity (Wildman–Crippen MR) is 405 cm³/mol. The van der Waals surface area contributed by atoms with Crippen molar-refractivity contribution in [2.45, 2.75) is 115 Å². The molecule has 0 amide bonds. The monoisotopic (exact) mass is 1240 g/mol. The van der Waals surface area contributed by atoms with Gasteiger partial charge in [-0.05, 0) is 236 Å². The lowest BCUT2D eigenvalue weighted by Gasteiger charge is -2.36. The minimum Gasteiger partial charge on any atom is -0.310 e. The van der Waals surface area contributed by atoms with Crippen molar-refractivity contribution in [1.82, 2.24) is 0 Å². The summed E-state index contributed by atoms with van der Waals surface area (Å²) in [4.78, 5) is 5.31. The van der Waals surface area contributed by atoms with E-state index in [0.29, 0.717) is 11.8 Å². The number of hydrogen-bond donors (Lipinski definition) is 0. The Bertz CT molecular complexity index is 4930. The molecule has 0 aromatic heterocycles. The van der Waals surface area contributed by atoms with E-state index in [-0.39, 0.29) is 0 Å². The Morgan fingerprint density at radius 2 is 0.552 bits per heavy atom. The van der Waals surface area contributed by atoms with E-state index in [2.05, 4.69) is 317 Å². The van der Waals surface area contributed by atoms with Gasteiger partial charge in [0, 0.05) is 33.5 Å². The number of aryl methyl sites for hydroxylation is 4. The quantitative estimate of drug-likeness (QED) is 0.113. The average Bonchev–Trinajstić information content (AvgIpc) is 1.31. The molecule has 4 aliphatic carbocycles. The van der Waals surface area contributed by atoms with Crippen molar-refractivity contribution in [2.24, 2.45) is 0 Å². The van der Waals surface area contributed by atoms with Gasteiger partial charge < -0.3 is 9.80 Å². The lowest BCUT2D eigenvalue weighted by Crippen LogP contribution is -2.29. The van der Waals surface area contributed by atoms with Crippen molar-refractivity contribution in [3.8, 4) is 22.3 Å². The van der Waals surface area contributed by atoms with E-state index in [1.54, 1.807) is 0 Å². The van der Waals surface area contributed by atoms with E-state index in [9.17, 15) is 0 Å². The van der Waals surface area contributed by atoms with Gasteiger partial charge in [0.15, 0.2) is 0 Å². The number of benzene rings is 14. The van der Waals surface area contributed by atoms with Crippen molar-refractivity contribution in [3.05, 3.63) is 357 Å². The van der Waals surface area contributed by atoms with E-state index < -0.39 is 10.8 Å². The highest BCUT2D eigenvalue weighted by Crippen LogP contribution is 2.60. The molecule has 2 nitrogen and oxygen atoms in total. The molecule has 2 heteroatoms. The van der Waals surface area contributed by atoms with Gasteiger partial charge in [-0.15, -0.1) is 0 Å². The Morgan fingerprint density at radius 1 is 0.260 bits per heavy atom. The maximum Gasteiger partial charge on any atom is 0.0714 e. The number of anilines is 6. The van der Waals surface area contributed by atoms with Crippen LogP contribution in [0, 0.1) is 27.7 Å². The van der Waals surface area contributed by atoms with Crippen molar-refractivity contribution >= 4 is 66.4 Å². The summed E-state index contributed by atoms with van der Waals surface area (Å²) in [5, 5.41) is 8.16. The van der Waals surface area contributed by atoms with E-state index in [1.807, 2.05) is 0 Å². The van der Waals surface area contributed by atoms with Crippen LogP contribution in [0.3, 0.4) is 0 Å². The molecule has 0 spiro atoms. The van der Waals surface area contributed by atoms with Gasteiger partial charge in [-0.2, -0.15) is 0 Å². The molecule has 2 fully saturated rings. The Hall–Kier alpha value is -10.3. The molecule has 4 aliphatic rings. The van der Waals surface area contributed by atoms with Crippen LogP contribution in [-0.2, 0) is 10.8 Å². The summed E-state index contributed by atoms with van der Waals surface area (Å²) < 4.78 is 0. The zero-order chi connectivity index (χ0) is 64.2. The predicted octanol–water partition coefficient (Wildman–Crippen LogP) is 25.6. The summed E-state index contributed by atoms with van der Waals surface area (Å²) in [5.74, 6) is 0.860. The van der Waals surface area contributed by atoms with Crippen molar-refractivity contribution in [2.75, 3.05) is 9.80 Å². The van der Waals surface area contributed by atoms with Gasteiger partial charge in [0.2, 0.25) is 0 Å². The fourth-order valence-corrected chi connectivity index (χ4v) is 18.8. The van der Waals surface area contributed by atoms with Crippen LogP contribution in [0.2, 0.25) is 0 Å². The molecule has 2 saturated carbocycles. The van der Waals surface area contributed by atoms with Crippen LogP contribution >= 0.6 is 0 Å². The molecule has 0 N–H and O–H groups in total. The Labute approximate surface area is 566 Å². The maximum atomic E-state index is 2.67. The van der Waals surface area contributed by atoms with E-state index in [1.165, 1.54) is 219 Å². The fourth-order valence-electron chi connectivity index (χ4n) is 18.8. The fraction of sp³-hybridized carbons (Fsp3) is 0.191. The SMILES string of the molecule is Cc1cccc(N(c2cccc(C3(c4cccc(C)c4)c4ccccc4-c4ccccc43)c2)c2cc(C3CCCCC3)c3ccc4c(N(c5cccc(C)c5)c5cccc(C6(c7cccc(C)c7)c7ccccc7-c7ccccc76)c5)cc(C5CCCCC5)c5ccc2c3c54)c1. The van der Waals surface area contributed by atoms with Gasteiger partial charge in [-0.3, -0.25) is 0 Å². The molecule has 0 atom stereocenters. The second-order valence-corrected chi connectivity index (χ2v) is 28.6. The molecule has 0 unspecified atom stereocenters. The van der Waals surface area contributed by atoms with Gasteiger partial charge in [0.05, 0.1) is 22.2 Å². The van der Waals surface area contributed by atoms with Crippen LogP contribution in [0.5, 0.6) is 0 Å². The third-order valence-electron chi connectivity index (χ3n) is 22.9. The summed E-state index contributed by atoms with van der Waals surface area (Å²) in [6, 6.07) is 109. The standard InChI is InChI=1S/C94H80N2/c1-61-25-19-33-67(53-61)93(85-45-15-11-41-75(85)76-42-12-16-46-86(76)93)69-35-23-39-73(57-69)95(71-37-21-27-63(3)55-71)89-59-83(65-29-7-5-8-30-65)79-50-52-82-90(60-84(66-31-9-6-10-32-66)80-49-51-81(89)91(79)92(80)82)96(72-38-22-28-64(4)56-72)74-40-24-36-70(58-74)94(68-34-20-26-62(2)54-68)87-47-17-13-43-77(87)78-44-14-18-48-88(78)94/h11-28,33-60,65-66H,5-10,29-32H2,1-4H3. The minimum atomic E-state index is -0.564. The molecular weight excluding hydrogens is 1160 g/mol. The van der Waals surface area contributed by atoms with Crippen LogP contribution < -0.4 is 9.80 Å². The zero-order valence-electron chi connectivity index (χ0n) is 55.7. The van der Waals surface area contributed by atoms with Crippen LogP contribution in [0.15, 0.2) is 279 Å². The molecule has 14 aromatic carbocycles. The topological polar surface area (TPSA) is 6.48 Å². The summed E-state index contributed by atoms with van der Waals surface area (Å²) in [5.41, 5.74) is 29.6. The molecule has 0 bridgehead atoms. The number of hydrogen-bond acceptors (Lipinski definition) is 2. The van der Waals surface area contributed by atoms with Crippen LogP contribution in [0.25, 0.3) is 54.6 Å². The Balaban J connectivity index is 0.919. The Morgan fingerprint density at radius 3 is 0.896 bits per heavy atom. The first-order valence-electron chi connectivity index (χ1n) is 35.5. The van der Waals surface area contributed by atoms with E-state index >= 15 is 0 Å². The zero-order valence-corrected chi connectivity index (χ0v) is 55.7. The summed E-state index contributed by atoms with van der Waals surface area (Å²) >= 11 is 0. The smallest absolute Gasteiger partial charge is 0.0714 e. The average molecular weight is 1240 g/mol. The lowest BCUT2D eigenvalue weighted by atomic mass is 9.67. The molecular formula is C94H80N2. The highest BCUT2D eigenvalue weighted by molar-refractivity contribution is 6.29. The Kier molecular flexibility index (Phi) is 14.1. The molecule has 18 rings (SSSR count). The third kappa shape index (κ3) is 9.04. The summed E-state index contributed by atoms with van der Waals surface area (Å²) in [7, 11) is 0. The van der Waals surface area contributed by atoms with Gasteiger partial charge >= 0.3 is 0 Å². The first-order chi connectivity index (χ1) is 47.2. The van der Waals surface area contributed by atoms with E-state index in [4.69, 9.17) is 0 Å². The number of rotatable bonds is 12. The van der Waals surface area contributed by atoms with Gasteiger partial charge in [-0.25, -0.2) is 0 Å². The van der Waals surface area contributed by atoms with E-state index in [0.717, 1.165) is 11.4 Å². The largest absolute Gasteiger partial charge is 0.310 e. The van der Waals surface area contributed by atoms with Gasteiger partial charge in [-0.1, -0.05) is 268 Å². The first kappa shape index (κ1) is 58.3. The van der Waals surface area contributed by atoms with Gasteiger partial charge in [0.1, 0.15) is 0 Å². The molecule has 0 aliphatic heterocycles. The highest BCUT2D eigenvalue weighted by atomic mass is 15.2. The second kappa shape index (κ2) is 23.3. The number of fused-ring (bicyclic) bond motifs is 6. The molecule has 14 aromatic rings. The summed E-state index contributed by atoms with van der Waals surface area (Å²) in [6.45, 7) is 9.00. The normalized spacial score (nSPS) is 15.6. The summed E-state index contributed by atoms with van der Waals surface area (Å²) in [6.07, 6.45) is 12.3. The third-order valence-corrected chi connectivity index (χ3v) is 22.9. The minimum absolute atomic E-state index is 0.430. The lowest BCUT2D eigenvalue weighted by molar-refractivity contribution is 0.445. The van der Waals surface area contributed by atoms with Crippen molar-refractivity contribution < 1.29 is 0 Å². The number of nitrogens with zero attached hydrogens (tertiary/aromatic N) is 2. The van der Waals surface area contributed by atoms with Crippen LogP contribution in [-0.4, -0.2) is 0 Å². The molecule has 0 heterocycles. The maximum absolute atomic E-state index is 2.67. The molecule has 96 heavy (non-hydrogen) atoms. The van der Waals surface area contributed by atoms with Crippen LogP contribution in [0.1, 0.15) is 154 Å².